The van der Waals surface area contributed by atoms with Crippen molar-refractivity contribution in [3.63, 3.8) is 0 Å². The molecule has 190 valence electrons. The molecule has 0 aromatic heterocycles. The SMILES string of the molecule is Cc1cc(NC(=O)CC2CCCC2)ccc1N1CCC(N2CCCC2C)C1.O=C(O)C(F)(F)F. The smallest absolute Gasteiger partial charge is 0.475 e. The van der Waals surface area contributed by atoms with Crippen LogP contribution in [0, 0.1) is 12.8 Å². The summed E-state index contributed by atoms with van der Waals surface area (Å²) >= 11 is 0. The molecule has 4 rings (SSSR count). The monoisotopic (exact) mass is 483 g/mol. The first-order chi connectivity index (χ1) is 16.0. The van der Waals surface area contributed by atoms with Crippen molar-refractivity contribution in [2.45, 2.75) is 83.5 Å². The molecule has 6 nitrogen and oxygen atoms in total. The summed E-state index contributed by atoms with van der Waals surface area (Å²) in [5.41, 5.74) is 3.55. The van der Waals surface area contributed by atoms with E-state index in [1.54, 1.807) is 0 Å². The highest BCUT2D eigenvalue weighted by Gasteiger charge is 2.38. The highest BCUT2D eigenvalue weighted by molar-refractivity contribution is 5.91. The van der Waals surface area contributed by atoms with Crippen molar-refractivity contribution in [2.75, 3.05) is 29.9 Å². The third-order valence-electron chi connectivity index (χ3n) is 7.25. The number of carboxylic acids is 1. The van der Waals surface area contributed by atoms with E-state index in [2.05, 4.69) is 47.2 Å². The molecule has 9 heteroatoms. The third-order valence-corrected chi connectivity index (χ3v) is 7.25. The van der Waals surface area contributed by atoms with Crippen molar-refractivity contribution in [3.05, 3.63) is 23.8 Å². The lowest BCUT2D eigenvalue weighted by atomic mass is 10.0. The first kappa shape index (κ1) is 26.3. The minimum absolute atomic E-state index is 0.179. The second-order valence-corrected chi connectivity index (χ2v) is 9.82. The van der Waals surface area contributed by atoms with Crippen LogP contribution in [0.5, 0.6) is 0 Å². The molecule has 1 amide bonds. The van der Waals surface area contributed by atoms with Crippen LogP contribution < -0.4 is 10.2 Å². The predicted octanol–water partition coefficient (Wildman–Crippen LogP) is 5.21. The molecule has 1 aliphatic carbocycles. The number of nitrogens with one attached hydrogen (secondary N) is 1. The highest BCUT2D eigenvalue weighted by atomic mass is 19.4. The van der Waals surface area contributed by atoms with E-state index in [4.69, 9.17) is 9.90 Å². The van der Waals surface area contributed by atoms with E-state index in [0.29, 0.717) is 18.4 Å². The highest BCUT2D eigenvalue weighted by Crippen LogP contribution is 2.32. The quantitative estimate of drug-likeness (QED) is 0.602. The standard InChI is InChI=1S/C23H35N3O.C2HF3O2/c1-17-14-20(24-23(27)15-19-7-3-4-8-19)9-10-22(17)25-13-11-21(16-25)26-12-5-6-18(26)2;3-2(4,5)1(6)7/h9-10,14,18-19,21H,3-8,11-13,15-16H2,1-2H3,(H,24,27);(H,6,7). The average Bonchev–Trinajstić information content (AvgIpc) is 3.50. The van der Waals surface area contributed by atoms with Crippen LogP contribution in [0.1, 0.15) is 63.9 Å². The van der Waals surface area contributed by atoms with E-state index in [-0.39, 0.29) is 5.91 Å². The average molecular weight is 484 g/mol. The van der Waals surface area contributed by atoms with Gasteiger partial charge in [0.1, 0.15) is 0 Å². The largest absolute Gasteiger partial charge is 0.490 e. The van der Waals surface area contributed by atoms with Crippen LogP contribution in [-0.4, -0.2) is 59.8 Å². The van der Waals surface area contributed by atoms with Gasteiger partial charge in [-0.25, -0.2) is 4.79 Å². The number of carbonyl (C=O) groups excluding carboxylic acids is 1. The zero-order chi connectivity index (χ0) is 24.9. The van der Waals surface area contributed by atoms with Crippen molar-refractivity contribution >= 4 is 23.3 Å². The van der Waals surface area contributed by atoms with Crippen LogP contribution in [-0.2, 0) is 9.59 Å². The maximum absolute atomic E-state index is 12.3. The van der Waals surface area contributed by atoms with Crippen molar-refractivity contribution in [1.29, 1.82) is 0 Å². The normalized spacial score (nSPS) is 23.6. The fraction of sp³-hybridized carbons (Fsp3) is 0.680. The van der Waals surface area contributed by atoms with Crippen molar-refractivity contribution < 1.29 is 27.9 Å². The number of hydrogen-bond donors (Lipinski definition) is 2. The van der Waals surface area contributed by atoms with E-state index in [0.717, 1.165) is 24.8 Å². The Morgan fingerprint density at radius 1 is 1.09 bits per heavy atom. The molecule has 0 bridgehead atoms. The maximum atomic E-state index is 12.3. The molecule has 2 atom stereocenters. The lowest BCUT2D eigenvalue weighted by Gasteiger charge is -2.29. The molecular formula is C25H36F3N3O3. The van der Waals surface area contributed by atoms with Gasteiger partial charge in [0.25, 0.3) is 0 Å². The van der Waals surface area contributed by atoms with Gasteiger partial charge in [0.2, 0.25) is 5.91 Å². The summed E-state index contributed by atoms with van der Waals surface area (Å²) in [6.45, 7) is 8.10. The number of benzene rings is 1. The van der Waals surface area contributed by atoms with Crippen molar-refractivity contribution in [2.24, 2.45) is 5.92 Å². The minimum atomic E-state index is -5.08. The first-order valence-electron chi connectivity index (χ1n) is 12.3. The van der Waals surface area contributed by atoms with Gasteiger partial charge in [0, 0.05) is 43.0 Å². The van der Waals surface area contributed by atoms with Gasteiger partial charge in [-0.15, -0.1) is 0 Å². The number of amides is 1. The number of hydrogen-bond acceptors (Lipinski definition) is 4. The summed E-state index contributed by atoms with van der Waals surface area (Å²) in [4.78, 5) is 26.5. The third kappa shape index (κ3) is 7.10. The summed E-state index contributed by atoms with van der Waals surface area (Å²) in [7, 11) is 0. The van der Waals surface area contributed by atoms with E-state index in [1.165, 1.54) is 62.7 Å². The van der Waals surface area contributed by atoms with Crippen LogP contribution >= 0.6 is 0 Å². The molecule has 1 aromatic carbocycles. The molecule has 2 saturated heterocycles. The van der Waals surface area contributed by atoms with Gasteiger partial charge >= 0.3 is 12.1 Å². The van der Waals surface area contributed by atoms with Gasteiger partial charge in [0.15, 0.2) is 0 Å². The van der Waals surface area contributed by atoms with Crippen molar-refractivity contribution in [3.8, 4) is 0 Å². The van der Waals surface area contributed by atoms with E-state index in [1.807, 2.05) is 0 Å². The molecule has 0 radical (unpaired) electrons. The lowest BCUT2D eigenvalue weighted by molar-refractivity contribution is -0.192. The van der Waals surface area contributed by atoms with E-state index < -0.39 is 12.1 Å². The second kappa shape index (κ2) is 11.4. The van der Waals surface area contributed by atoms with E-state index >= 15 is 0 Å². The molecule has 3 aliphatic rings. The topological polar surface area (TPSA) is 72.9 Å². The van der Waals surface area contributed by atoms with Crippen LogP contribution in [0.4, 0.5) is 24.5 Å². The van der Waals surface area contributed by atoms with Gasteiger partial charge in [0.05, 0.1) is 0 Å². The fourth-order valence-corrected chi connectivity index (χ4v) is 5.51. The van der Waals surface area contributed by atoms with Crippen LogP contribution in [0.25, 0.3) is 0 Å². The number of likely N-dealkylation sites (tertiary alicyclic amines) is 1. The zero-order valence-electron chi connectivity index (χ0n) is 20.0. The number of carboxylic acid groups (broad SMARTS) is 1. The minimum Gasteiger partial charge on any atom is -0.475 e. The molecule has 34 heavy (non-hydrogen) atoms. The summed E-state index contributed by atoms with van der Waals surface area (Å²) in [5.74, 6) is -1.98. The van der Waals surface area contributed by atoms with Gasteiger partial charge in [-0.1, -0.05) is 12.8 Å². The fourth-order valence-electron chi connectivity index (χ4n) is 5.51. The summed E-state index contributed by atoms with van der Waals surface area (Å²) in [6.07, 6.45) is 4.59. The molecule has 2 unspecified atom stereocenters. The maximum Gasteiger partial charge on any atom is 0.490 e. The van der Waals surface area contributed by atoms with Gasteiger partial charge in [-0.3, -0.25) is 9.69 Å². The van der Waals surface area contributed by atoms with Crippen LogP contribution in [0.2, 0.25) is 0 Å². The Morgan fingerprint density at radius 3 is 2.32 bits per heavy atom. The molecule has 1 saturated carbocycles. The second-order valence-electron chi connectivity index (χ2n) is 9.82. The molecule has 2 heterocycles. The molecule has 2 N–H and O–H groups in total. The Morgan fingerprint density at radius 2 is 1.76 bits per heavy atom. The predicted molar refractivity (Wildman–Crippen MR) is 126 cm³/mol. The number of aliphatic carboxylic acids is 1. The zero-order valence-corrected chi connectivity index (χ0v) is 20.0. The Labute approximate surface area is 199 Å². The van der Waals surface area contributed by atoms with E-state index in [9.17, 15) is 18.0 Å². The Hall–Kier alpha value is -2.29. The molecule has 2 aliphatic heterocycles. The molecule has 0 spiro atoms. The van der Waals surface area contributed by atoms with Crippen LogP contribution in [0.15, 0.2) is 18.2 Å². The first-order valence-corrected chi connectivity index (χ1v) is 12.3. The number of anilines is 2. The Balaban J connectivity index is 0.000000406. The summed E-state index contributed by atoms with van der Waals surface area (Å²) in [6, 6.07) is 7.88. The van der Waals surface area contributed by atoms with Crippen molar-refractivity contribution in [1.82, 2.24) is 4.90 Å². The van der Waals surface area contributed by atoms with Gasteiger partial charge < -0.3 is 15.3 Å². The number of aryl methyl sites for hydroxylation is 1. The lowest BCUT2D eigenvalue weighted by Crippen LogP contribution is -2.39. The number of alkyl halides is 3. The Kier molecular flexibility index (Phi) is 8.84. The number of halogens is 3. The number of nitrogens with zero attached hydrogens (tertiary/aromatic N) is 2. The number of carbonyl (C=O) groups is 2. The van der Waals surface area contributed by atoms with Gasteiger partial charge in [-0.05, 0) is 82.2 Å². The molecule has 3 fully saturated rings. The summed E-state index contributed by atoms with van der Waals surface area (Å²) < 4.78 is 31.7. The molecule has 1 aromatic rings. The number of rotatable bonds is 5. The summed E-state index contributed by atoms with van der Waals surface area (Å²) in [5, 5.41) is 10.2. The van der Waals surface area contributed by atoms with Gasteiger partial charge in [-0.2, -0.15) is 13.2 Å². The van der Waals surface area contributed by atoms with Crippen LogP contribution in [0.3, 0.4) is 0 Å². The molecular weight excluding hydrogens is 447 g/mol. The Bertz CT molecular complexity index is 856.